The Morgan fingerprint density at radius 2 is 1.67 bits per heavy atom. The average Bonchev–Trinajstić information content (AvgIpc) is 2.52. The van der Waals surface area contributed by atoms with Gasteiger partial charge in [-0.1, -0.05) is 36.4 Å². The van der Waals surface area contributed by atoms with E-state index in [1.807, 2.05) is 37.4 Å². The van der Waals surface area contributed by atoms with Gasteiger partial charge in [-0.05, 0) is 29.7 Å². The Labute approximate surface area is 123 Å². The highest BCUT2D eigenvalue weighted by Crippen LogP contribution is 2.39. The van der Waals surface area contributed by atoms with Crippen molar-refractivity contribution in [3.63, 3.8) is 0 Å². The summed E-state index contributed by atoms with van der Waals surface area (Å²) in [6.45, 7) is 0. The molecule has 0 amide bonds. The second-order valence-electron chi connectivity index (χ2n) is 5.23. The molecule has 1 aliphatic rings. The van der Waals surface area contributed by atoms with E-state index in [0.29, 0.717) is 0 Å². The molecule has 0 spiro atoms. The topological polar surface area (TPSA) is 41.6 Å². The number of nitrogens with zero attached hydrogens (tertiary/aromatic N) is 2. The summed E-state index contributed by atoms with van der Waals surface area (Å²) in [5.41, 5.74) is 10.00. The molecule has 0 fully saturated rings. The van der Waals surface area contributed by atoms with E-state index < -0.39 is 0 Å². The molecule has 0 unspecified atom stereocenters. The first kappa shape index (κ1) is 12.0. The van der Waals surface area contributed by atoms with Crippen LogP contribution in [0.4, 0.5) is 17.1 Å². The number of para-hydroxylation sites is 1. The SMILES string of the molecule is CN1C(c2ccccc2N)=Nc2cccc3cccc1c23. The Kier molecular flexibility index (Phi) is 2.48. The Bertz CT molecular complexity index is 875. The minimum absolute atomic E-state index is 0.745. The van der Waals surface area contributed by atoms with Crippen molar-refractivity contribution >= 4 is 33.7 Å². The maximum absolute atomic E-state index is 6.12. The van der Waals surface area contributed by atoms with Gasteiger partial charge >= 0.3 is 0 Å². The molecule has 3 aromatic carbocycles. The lowest BCUT2D eigenvalue weighted by Crippen LogP contribution is -2.29. The van der Waals surface area contributed by atoms with E-state index in [1.54, 1.807) is 0 Å². The van der Waals surface area contributed by atoms with Gasteiger partial charge in [-0.2, -0.15) is 0 Å². The fourth-order valence-electron chi connectivity index (χ4n) is 2.92. The quantitative estimate of drug-likeness (QED) is 0.682. The summed E-state index contributed by atoms with van der Waals surface area (Å²) in [5.74, 6) is 0.888. The largest absolute Gasteiger partial charge is 0.398 e. The van der Waals surface area contributed by atoms with Crippen LogP contribution in [0.2, 0.25) is 0 Å². The number of hydrogen-bond acceptors (Lipinski definition) is 3. The summed E-state index contributed by atoms with van der Waals surface area (Å²) in [6.07, 6.45) is 0. The van der Waals surface area contributed by atoms with Crippen molar-refractivity contribution in [2.24, 2.45) is 4.99 Å². The standard InChI is InChI=1S/C18H15N3/c1-21-16-11-5-7-12-6-4-10-15(17(12)16)20-18(21)13-8-2-3-9-14(13)19/h2-11H,19H2,1H3. The van der Waals surface area contributed by atoms with Crippen LogP contribution in [0, 0.1) is 0 Å². The second-order valence-corrected chi connectivity index (χ2v) is 5.23. The summed E-state index contributed by atoms with van der Waals surface area (Å²) >= 11 is 0. The Morgan fingerprint density at radius 1 is 0.905 bits per heavy atom. The van der Waals surface area contributed by atoms with Crippen LogP contribution >= 0.6 is 0 Å². The zero-order valence-corrected chi connectivity index (χ0v) is 11.7. The maximum atomic E-state index is 6.12. The molecule has 3 aromatic rings. The van der Waals surface area contributed by atoms with E-state index in [2.05, 4.69) is 35.2 Å². The van der Waals surface area contributed by atoms with Crippen LogP contribution in [0.3, 0.4) is 0 Å². The number of amidine groups is 1. The third-order valence-corrected chi connectivity index (χ3v) is 3.97. The number of rotatable bonds is 1. The van der Waals surface area contributed by atoms with Gasteiger partial charge in [0.1, 0.15) is 5.84 Å². The highest BCUT2D eigenvalue weighted by atomic mass is 15.2. The van der Waals surface area contributed by atoms with E-state index in [4.69, 9.17) is 10.7 Å². The number of hydrogen-bond donors (Lipinski definition) is 1. The Hall–Kier alpha value is -2.81. The van der Waals surface area contributed by atoms with Gasteiger partial charge in [0.15, 0.2) is 0 Å². The van der Waals surface area contributed by atoms with Gasteiger partial charge in [-0.25, -0.2) is 4.99 Å². The monoisotopic (exact) mass is 273 g/mol. The van der Waals surface area contributed by atoms with Crippen LogP contribution in [0.1, 0.15) is 5.56 Å². The molecule has 2 N–H and O–H groups in total. The van der Waals surface area contributed by atoms with Gasteiger partial charge in [0.05, 0.1) is 11.4 Å². The minimum atomic E-state index is 0.745. The fourth-order valence-corrected chi connectivity index (χ4v) is 2.92. The molecule has 0 saturated carbocycles. The molecule has 1 aliphatic heterocycles. The van der Waals surface area contributed by atoms with E-state index in [0.717, 1.165) is 28.5 Å². The van der Waals surface area contributed by atoms with Gasteiger partial charge in [-0.15, -0.1) is 0 Å². The molecular formula is C18H15N3. The van der Waals surface area contributed by atoms with Crippen LogP contribution in [0.25, 0.3) is 10.8 Å². The molecule has 0 bridgehead atoms. The normalized spacial score (nSPS) is 13.4. The van der Waals surface area contributed by atoms with Crippen molar-refractivity contribution in [3.05, 3.63) is 66.2 Å². The molecule has 0 radical (unpaired) electrons. The molecular weight excluding hydrogens is 258 g/mol. The molecule has 0 saturated heterocycles. The number of nitrogen functional groups attached to an aromatic ring is 1. The summed E-state index contributed by atoms with van der Waals surface area (Å²) in [6, 6.07) is 20.4. The van der Waals surface area contributed by atoms with E-state index in [1.165, 1.54) is 10.8 Å². The lowest BCUT2D eigenvalue weighted by Gasteiger charge is -2.28. The lowest BCUT2D eigenvalue weighted by atomic mass is 10.0. The van der Waals surface area contributed by atoms with Crippen molar-refractivity contribution in [1.82, 2.24) is 0 Å². The van der Waals surface area contributed by atoms with Gasteiger partial charge in [-0.3, -0.25) is 0 Å². The predicted molar refractivity (Wildman–Crippen MR) is 89.4 cm³/mol. The Morgan fingerprint density at radius 3 is 2.48 bits per heavy atom. The smallest absolute Gasteiger partial charge is 0.142 e. The molecule has 3 heteroatoms. The molecule has 0 atom stereocenters. The zero-order valence-electron chi connectivity index (χ0n) is 11.7. The molecule has 102 valence electrons. The number of anilines is 2. The van der Waals surface area contributed by atoms with E-state index >= 15 is 0 Å². The summed E-state index contributed by atoms with van der Waals surface area (Å²) in [7, 11) is 2.04. The van der Waals surface area contributed by atoms with E-state index in [9.17, 15) is 0 Å². The molecule has 1 heterocycles. The van der Waals surface area contributed by atoms with Gasteiger partial charge in [0, 0.05) is 23.7 Å². The van der Waals surface area contributed by atoms with Crippen molar-refractivity contribution in [2.45, 2.75) is 0 Å². The summed E-state index contributed by atoms with van der Waals surface area (Å²) < 4.78 is 0. The van der Waals surface area contributed by atoms with Crippen LogP contribution in [-0.2, 0) is 0 Å². The fraction of sp³-hybridized carbons (Fsp3) is 0.0556. The van der Waals surface area contributed by atoms with Crippen molar-refractivity contribution < 1.29 is 0 Å². The summed E-state index contributed by atoms with van der Waals surface area (Å²) in [5, 5.41) is 2.40. The first-order valence-electron chi connectivity index (χ1n) is 6.95. The zero-order chi connectivity index (χ0) is 14.4. The van der Waals surface area contributed by atoms with Crippen LogP contribution in [0.15, 0.2) is 65.7 Å². The first-order valence-corrected chi connectivity index (χ1v) is 6.95. The first-order chi connectivity index (χ1) is 10.3. The third kappa shape index (κ3) is 1.71. The number of nitrogens with two attached hydrogens (primary N) is 1. The highest BCUT2D eigenvalue weighted by Gasteiger charge is 2.21. The van der Waals surface area contributed by atoms with Crippen molar-refractivity contribution in [1.29, 1.82) is 0 Å². The lowest BCUT2D eigenvalue weighted by molar-refractivity contribution is 1.24. The summed E-state index contributed by atoms with van der Waals surface area (Å²) in [4.78, 5) is 6.95. The molecule has 3 nitrogen and oxygen atoms in total. The van der Waals surface area contributed by atoms with Gasteiger partial charge in [0.2, 0.25) is 0 Å². The molecule has 21 heavy (non-hydrogen) atoms. The van der Waals surface area contributed by atoms with Crippen molar-refractivity contribution in [3.8, 4) is 0 Å². The van der Waals surface area contributed by atoms with Crippen LogP contribution in [0.5, 0.6) is 0 Å². The highest BCUT2D eigenvalue weighted by molar-refractivity contribution is 6.21. The maximum Gasteiger partial charge on any atom is 0.142 e. The molecule has 4 rings (SSSR count). The molecule has 0 aromatic heterocycles. The van der Waals surface area contributed by atoms with E-state index in [-0.39, 0.29) is 0 Å². The Balaban J connectivity index is 2.02. The number of benzene rings is 3. The van der Waals surface area contributed by atoms with Crippen LogP contribution < -0.4 is 10.6 Å². The second kappa shape index (κ2) is 4.35. The average molecular weight is 273 g/mol. The third-order valence-electron chi connectivity index (χ3n) is 3.97. The van der Waals surface area contributed by atoms with Gasteiger partial charge < -0.3 is 10.6 Å². The van der Waals surface area contributed by atoms with Crippen LogP contribution in [-0.4, -0.2) is 12.9 Å². The predicted octanol–water partition coefficient (Wildman–Crippen LogP) is 3.95. The number of aliphatic imine (C=N–C) groups is 1. The minimum Gasteiger partial charge on any atom is -0.398 e. The van der Waals surface area contributed by atoms with Crippen molar-refractivity contribution in [2.75, 3.05) is 17.7 Å². The van der Waals surface area contributed by atoms with Gasteiger partial charge in [0.25, 0.3) is 0 Å². The molecule has 0 aliphatic carbocycles.